The van der Waals surface area contributed by atoms with Gasteiger partial charge in [-0.05, 0) is 47.9 Å². The summed E-state index contributed by atoms with van der Waals surface area (Å²) in [6.07, 6.45) is -4.10. The average molecular weight is 494 g/mol. The van der Waals surface area contributed by atoms with Gasteiger partial charge < -0.3 is 14.5 Å². The van der Waals surface area contributed by atoms with Crippen molar-refractivity contribution >= 4 is 23.2 Å². The van der Waals surface area contributed by atoms with Crippen LogP contribution in [0.15, 0.2) is 42.5 Å². The molecule has 5 nitrogen and oxygen atoms in total. The van der Waals surface area contributed by atoms with E-state index in [0.717, 1.165) is 30.4 Å². The van der Waals surface area contributed by atoms with Crippen molar-refractivity contribution < 1.29 is 22.7 Å². The highest BCUT2D eigenvalue weighted by molar-refractivity contribution is 6.30. The minimum absolute atomic E-state index is 0.00899. The molecule has 0 saturated carbocycles. The second-order valence-electron chi connectivity index (χ2n) is 9.21. The Kier molecular flexibility index (Phi) is 6.48. The van der Waals surface area contributed by atoms with E-state index in [1.807, 2.05) is 29.2 Å². The van der Waals surface area contributed by atoms with Gasteiger partial charge in [0.25, 0.3) is 0 Å². The highest BCUT2D eigenvalue weighted by Gasteiger charge is 2.44. The third-order valence-corrected chi connectivity index (χ3v) is 7.33. The summed E-state index contributed by atoms with van der Waals surface area (Å²) in [6.45, 7) is 4.85. The lowest BCUT2D eigenvalue weighted by Gasteiger charge is -2.50. The minimum atomic E-state index is -4.41. The third-order valence-electron chi connectivity index (χ3n) is 7.08. The molecular formula is C25H27ClF3N3O2. The molecule has 3 aliphatic rings. The molecule has 182 valence electrons. The molecule has 0 bridgehead atoms. The Morgan fingerprint density at radius 1 is 1.03 bits per heavy atom. The van der Waals surface area contributed by atoms with Crippen LogP contribution in [0, 0.1) is 5.92 Å². The fraction of sp³-hybridized carbons (Fsp3) is 0.480. The minimum Gasteiger partial charge on any atom is -0.378 e. The molecule has 5 rings (SSSR count). The number of amides is 1. The summed E-state index contributed by atoms with van der Waals surface area (Å²) in [6, 6.07) is 11.6. The zero-order valence-electron chi connectivity index (χ0n) is 18.7. The third kappa shape index (κ3) is 4.76. The maximum absolute atomic E-state index is 13.6. The number of anilines is 1. The molecule has 3 heterocycles. The van der Waals surface area contributed by atoms with E-state index in [0.29, 0.717) is 56.4 Å². The number of alkyl halides is 3. The van der Waals surface area contributed by atoms with E-state index in [2.05, 4.69) is 9.80 Å². The zero-order chi connectivity index (χ0) is 23.9. The molecule has 0 N–H and O–H groups in total. The van der Waals surface area contributed by atoms with Gasteiger partial charge in [0.05, 0.1) is 30.7 Å². The van der Waals surface area contributed by atoms with Gasteiger partial charge in [-0.15, -0.1) is 0 Å². The van der Waals surface area contributed by atoms with Crippen molar-refractivity contribution in [2.75, 3.05) is 50.8 Å². The van der Waals surface area contributed by atoms with Crippen LogP contribution in [-0.2, 0) is 28.7 Å². The lowest BCUT2D eigenvalue weighted by molar-refractivity contribution is -0.141. The first-order valence-electron chi connectivity index (χ1n) is 11.6. The van der Waals surface area contributed by atoms with Crippen LogP contribution in [0.3, 0.4) is 0 Å². The number of benzene rings is 2. The molecule has 0 aliphatic carbocycles. The highest BCUT2D eigenvalue weighted by atomic mass is 35.5. The second-order valence-corrected chi connectivity index (χ2v) is 9.65. The Bertz CT molecular complexity index is 1040. The first-order valence-corrected chi connectivity index (χ1v) is 12.0. The van der Waals surface area contributed by atoms with Crippen LogP contribution < -0.4 is 4.90 Å². The van der Waals surface area contributed by atoms with Crippen molar-refractivity contribution in [3.8, 4) is 0 Å². The molecular weight excluding hydrogens is 467 g/mol. The largest absolute Gasteiger partial charge is 0.416 e. The molecule has 2 saturated heterocycles. The first kappa shape index (κ1) is 23.5. The van der Waals surface area contributed by atoms with Crippen molar-refractivity contribution in [1.82, 2.24) is 9.80 Å². The Morgan fingerprint density at radius 2 is 1.76 bits per heavy atom. The van der Waals surface area contributed by atoms with Crippen LogP contribution in [0.5, 0.6) is 0 Å². The number of hydrogen-bond acceptors (Lipinski definition) is 4. The van der Waals surface area contributed by atoms with Crippen LogP contribution in [-0.4, -0.2) is 67.7 Å². The van der Waals surface area contributed by atoms with Crippen molar-refractivity contribution in [1.29, 1.82) is 0 Å². The van der Waals surface area contributed by atoms with Gasteiger partial charge in [-0.25, -0.2) is 0 Å². The van der Waals surface area contributed by atoms with Gasteiger partial charge in [-0.3, -0.25) is 9.69 Å². The second kappa shape index (κ2) is 9.40. The van der Waals surface area contributed by atoms with Gasteiger partial charge in [0.1, 0.15) is 0 Å². The van der Waals surface area contributed by atoms with Crippen LogP contribution in [0.1, 0.15) is 16.7 Å². The van der Waals surface area contributed by atoms with Crippen molar-refractivity contribution in [3.05, 3.63) is 64.2 Å². The van der Waals surface area contributed by atoms with E-state index in [-0.39, 0.29) is 11.9 Å². The normalized spacial score (nSPS) is 23.4. The van der Waals surface area contributed by atoms with Gasteiger partial charge >= 0.3 is 6.18 Å². The monoisotopic (exact) mass is 493 g/mol. The number of hydrogen-bond donors (Lipinski definition) is 0. The predicted octanol–water partition coefficient (Wildman–Crippen LogP) is 4.08. The fourth-order valence-corrected chi connectivity index (χ4v) is 5.48. The molecule has 3 aliphatic heterocycles. The molecule has 0 radical (unpaired) electrons. The number of morpholine rings is 1. The molecule has 0 aromatic heterocycles. The standard InChI is InChI=1S/C25H27ClF3N3O2/c26-20-4-1-17(2-5-20)15-30-7-8-32-22-6-3-19(25(27,28)29)13-18(22)14-21(23(32)16-30)24(33)31-9-11-34-12-10-31/h1-6,13,21,23H,7-12,14-16H2/t21-,23+/m1/s1. The summed E-state index contributed by atoms with van der Waals surface area (Å²) in [7, 11) is 0. The molecule has 1 amide bonds. The van der Waals surface area contributed by atoms with Crippen LogP contribution >= 0.6 is 11.6 Å². The smallest absolute Gasteiger partial charge is 0.378 e. The number of carbonyl (C=O) groups is 1. The summed E-state index contributed by atoms with van der Waals surface area (Å²) in [5.41, 5.74) is 1.89. The summed E-state index contributed by atoms with van der Waals surface area (Å²) >= 11 is 6.02. The number of rotatable bonds is 3. The predicted molar refractivity (Wildman–Crippen MR) is 124 cm³/mol. The van der Waals surface area contributed by atoms with E-state index in [1.165, 1.54) is 6.07 Å². The Balaban J connectivity index is 1.43. The number of piperazine rings is 1. The molecule has 34 heavy (non-hydrogen) atoms. The first-order chi connectivity index (χ1) is 16.3. The van der Waals surface area contributed by atoms with E-state index in [1.54, 1.807) is 6.07 Å². The molecule has 2 aromatic carbocycles. The summed E-state index contributed by atoms with van der Waals surface area (Å²) in [4.78, 5) is 19.9. The number of nitrogens with zero attached hydrogens (tertiary/aromatic N) is 3. The lowest BCUT2D eigenvalue weighted by Crippen LogP contribution is -2.61. The molecule has 2 atom stereocenters. The van der Waals surface area contributed by atoms with Gasteiger partial charge in [-0.2, -0.15) is 13.2 Å². The van der Waals surface area contributed by atoms with E-state index >= 15 is 0 Å². The zero-order valence-corrected chi connectivity index (χ0v) is 19.5. The van der Waals surface area contributed by atoms with Gasteiger partial charge in [0, 0.05) is 50.0 Å². The molecule has 9 heteroatoms. The maximum atomic E-state index is 13.6. The number of fused-ring (bicyclic) bond motifs is 3. The van der Waals surface area contributed by atoms with Gasteiger partial charge in [0.15, 0.2) is 0 Å². The van der Waals surface area contributed by atoms with E-state index in [9.17, 15) is 18.0 Å². The molecule has 0 spiro atoms. The van der Waals surface area contributed by atoms with Gasteiger partial charge in [0.2, 0.25) is 5.91 Å². The average Bonchev–Trinajstić information content (AvgIpc) is 2.84. The molecule has 2 fully saturated rings. The number of carbonyl (C=O) groups excluding carboxylic acids is 1. The summed E-state index contributed by atoms with van der Waals surface area (Å²) in [5, 5.41) is 0.687. The van der Waals surface area contributed by atoms with Crippen molar-refractivity contribution in [2.45, 2.75) is 25.2 Å². The van der Waals surface area contributed by atoms with Crippen molar-refractivity contribution in [2.24, 2.45) is 5.92 Å². The Labute approximate surface area is 202 Å². The van der Waals surface area contributed by atoms with E-state index < -0.39 is 17.7 Å². The molecule has 0 unspecified atom stereocenters. The van der Waals surface area contributed by atoms with Crippen LogP contribution in [0.4, 0.5) is 18.9 Å². The summed E-state index contributed by atoms with van der Waals surface area (Å²) in [5.74, 6) is -0.392. The molecule has 2 aromatic rings. The Hall–Kier alpha value is -2.29. The van der Waals surface area contributed by atoms with Gasteiger partial charge in [-0.1, -0.05) is 23.7 Å². The quantitative estimate of drug-likeness (QED) is 0.645. The topological polar surface area (TPSA) is 36.0 Å². The highest BCUT2D eigenvalue weighted by Crippen LogP contribution is 2.40. The van der Waals surface area contributed by atoms with Crippen LogP contribution in [0.25, 0.3) is 0 Å². The van der Waals surface area contributed by atoms with Crippen LogP contribution in [0.2, 0.25) is 5.02 Å². The maximum Gasteiger partial charge on any atom is 0.416 e. The SMILES string of the molecule is O=C([C@@H]1Cc2cc(C(F)(F)F)ccc2N2CCN(Cc3ccc(Cl)cc3)C[C@@H]12)N1CCOCC1. The number of halogens is 4. The van der Waals surface area contributed by atoms with Crippen molar-refractivity contribution in [3.63, 3.8) is 0 Å². The van der Waals surface area contributed by atoms with E-state index in [4.69, 9.17) is 16.3 Å². The lowest BCUT2D eigenvalue weighted by atomic mass is 9.82. The number of ether oxygens (including phenoxy) is 1. The fourth-order valence-electron chi connectivity index (χ4n) is 5.35. The Morgan fingerprint density at radius 3 is 2.47 bits per heavy atom. The summed E-state index contributed by atoms with van der Waals surface area (Å²) < 4.78 is 45.6.